The Labute approximate surface area is 871 Å². The first-order chi connectivity index (χ1) is 72.2. The SMILES string of the molecule is Cc1ccc(C(c2ccc(F)cc2)N2CCCCC2)cc1.Cc1ccc(C(c2ccc(F)cc2)N2CCCCC2)cc1.Cc1ccc(C(c2ccc(F)cc2)N2CCN(CCCN3CCN(C(c4ccc(F)cc4)c4ccc(F)cc4)CC3)CC2)cc1.Fc1ccc(C(c2ccc(F)cc2)N2CCN(CCCN3CCCC3)CC2)cc1.Fc1ccc(C(c2ccc(F)cc2)N2CCN(Cc3ccc4ccccc4n3)CC2)cc1. The zero-order valence-electron chi connectivity index (χ0n) is 86.1. The average molecular weight is 2010 g/mol. The van der Waals surface area contributed by atoms with Crippen molar-refractivity contribution in [3.05, 3.63) is 469 Å². The highest BCUT2D eigenvalue weighted by atomic mass is 19.2. The van der Waals surface area contributed by atoms with Crippen molar-refractivity contribution in [3.63, 3.8) is 0 Å². The molecule has 0 bridgehead atoms. The number of aryl methyl sites for hydroxylation is 3. The molecule has 0 spiro atoms. The number of benzene rings is 13. The third kappa shape index (κ3) is 30.5. The van der Waals surface area contributed by atoms with Crippen molar-refractivity contribution in [2.75, 3.05) is 170 Å². The Hall–Kier alpha value is -11.8. The summed E-state index contributed by atoms with van der Waals surface area (Å²) in [5.41, 5.74) is 19.4. The number of halogens is 9. The van der Waals surface area contributed by atoms with Crippen LogP contribution in [0.5, 0.6) is 0 Å². The van der Waals surface area contributed by atoms with E-state index in [1.54, 1.807) is 36.4 Å². The molecule has 12 nitrogen and oxygen atoms in total. The summed E-state index contributed by atoms with van der Waals surface area (Å²) in [6.45, 7) is 34.0. The van der Waals surface area contributed by atoms with Crippen molar-refractivity contribution >= 4 is 10.9 Å². The number of aromatic nitrogens is 1. The van der Waals surface area contributed by atoms with E-state index in [0.717, 1.165) is 219 Å². The molecule has 13 aromatic carbocycles. The van der Waals surface area contributed by atoms with E-state index in [4.69, 9.17) is 4.98 Å². The van der Waals surface area contributed by atoms with E-state index in [2.05, 4.69) is 166 Å². The molecule has 0 saturated carbocycles. The second-order valence-electron chi connectivity index (χ2n) is 41.0. The Balaban J connectivity index is 0.000000130. The summed E-state index contributed by atoms with van der Waals surface area (Å²) < 4.78 is 122. The van der Waals surface area contributed by atoms with Crippen LogP contribution in [0.4, 0.5) is 39.5 Å². The predicted molar refractivity (Wildman–Crippen MR) is 581 cm³/mol. The van der Waals surface area contributed by atoms with Gasteiger partial charge in [0.2, 0.25) is 0 Å². The van der Waals surface area contributed by atoms with Crippen LogP contribution in [-0.2, 0) is 6.54 Å². The van der Waals surface area contributed by atoms with Crippen molar-refractivity contribution in [2.45, 2.75) is 128 Å². The number of nitrogens with zero attached hydrogens (tertiary/aromatic N) is 12. The van der Waals surface area contributed by atoms with E-state index < -0.39 is 0 Å². The lowest BCUT2D eigenvalue weighted by molar-refractivity contribution is 0.0908. The number of fused-ring (bicyclic) bond motifs is 1. The minimum atomic E-state index is -0.251. The number of piperazine rings is 4. The maximum Gasteiger partial charge on any atom is 0.123 e. The van der Waals surface area contributed by atoms with Crippen LogP contribution in [0.1, 0.15) is 190 Å². The van der Waals surface area contributed by atoms with Gasteiger partial charge in [0.15, 0.2) is 0 Å². The van der Waals surface area contributed by atoms with Gasteiger partial charge in [0, 0.05) is 117 Å². The van der Waals surface area contributed by atoms with Gasteiger partial charge in [-0.05, 0) is 326 Å². The number of hydrogen-bond acceptors (Lipinski definition) is 12. The molecule has 0 radical (unpaired) electrons. The molecule has 7 aliphatic heterocycles. The number of para-hydroxylation sites is 1. The number of rotatable bonds is 28. The number of likely N-dealkylation sites (tertiary alicyclic amines) is 3. The number of pyridine rings is 1. The monoisotopic (exact) mass is 2010 g/mol. The van der Waals surface area contributed by atoms with Gasteiger partial charge in [-0.1, -0.05) is 236 Å². The summed E-state index contributed by atoms with van der Waals surface area (Å²) in [7, 11) is 0. The van der Waals surface area contributed by atoms with E-state index >= 15 is 0 Å². The highest BCUT2D eigenvalue weighted by molar-refractivity contribution is 5.78. The van der Waals surface area contributed by atoms with Gasteiger partial charge in [-0.15, -0.1) is 0 Å². The minimum Gasteiger partial charge on any atom is -0.303 e. The minimum absolute atomic E-state index is 0.0247. The highest BCUT2D eigenvalue weighted by Crippen LogP contribution is 2.39. The summed E-state index contributed by atoms with van der Waals surface area (Å²) >= 11 is 0. The van der Waals surface area contributed by atoms with Crippen molar-refractivity contribution < 1.29 is 39.5 Å². The van der Waals surface area contributed by atoms with Gasteiger partial charge in [-0.3, -0.25) is 39.3 Å². The summed E-state index contributed by atoms with van der Waals surface area (Å²) in [5, 5.41) is 1.16. The Bertz CT molecular complexity index is 5790. The van der Waals surface area contributed by atoms with Crippen molar-refractivity contribution in [2.24, 2.45) is 0 Å². The van der Waals surface area contributed by atoms with Crippen LogP contribution in [0.25, 0.3) is 10.9 Å². The van der Waals surface area contributed by atoms with Crippen LogP contribution in [0, 0.1) is 73.1 Å². The van der Waals surface area contributed by atoms with Crippen molar-refractivity contribution in [1.29, 1.82) is 0 Å². The summed E-state index contributed by atoms with van der Waals surface area (Å²) in [6.07, 6.45) is 12.7. The molecular weight excluding hydrogens is 1860 g/mol. The van der Waals surface area contributed by atoms with Gasteiger partial charge in [0.25, 0.3) is 0 Å². The average Bonchev–Trinajstić information content (AvgIpc) is 0.834. The van der Waals surface area contributed by atoms with E-state index in [9.17, 15) is 39.5 Å². The van der Waals surface area contributed by atoms with E-state index in [1.807, 2.05) is 127 Å². The Morgan fingerprint density at radius 2 is 0.378 bits per heavy atom. The zero-order chi connectivity index (χ0) is 102. The first-order valence-corrected chi connectivity index (χ1v) is 53.6. The van der Waals surface area contributed by atoms with E-state index in [0.29, 0.717) is 0 Å². The molecule has 148 heavy (non-hydrogen) atoms. The smallest absolute Gasteiger partial charge is 0.123 e. The van der Waals surface area contributed by atoms with Crippen LogP contribution in [0.3, 0.4) is 0 Å². The van der Waals surface area contributed by atoms with E-state index in [1.165, 1.54) is 195 Å². The maximum absolute atomic E-state index is 13.7. The quantitative estimate of drug-likeness (QED) is 0.0439. The fraction of sp³-hybridized carbons (Fsp3) is 0.362. The van der Waals surface area contributed by atoms with Gasteiger partial charge in [0.1, 0.15) is 52.4 Å². The largest absolute Gasteiger partial charge is 0.303 e. The third-order valence-electron chi connectivity index (χ3n) is 30.6. The Morgan fingerprint density at radius 1 is 0.189 bits per heavy atom. The second kappa shape index (κ2) is 54.1. The van der Waals surface area contributed by atoms with Gasteiger partial charge < -0.3 is 19.6 Å². The zero-order valence-corrected chi connectivity index (χ0v) is 86.1. The van der Waals surface area contributed by atoms with E-state index in [-0.39, 0.29) is 88.6 Å². The molecular formula is C127H143F9N12. The van der Waals surface area contributed by atoms with Crippen molar-refractivity contribution in [1.82, 2.24) is 58.9 Å². The molecule has 8 heterocycles. The molecule has 7 saturated heterocycles. The molecule has 1 aromatic heterocycles. The third-order valence-corrected chi connectivity index (χ3v) is 30.6. The number of piperidine rings is 2. The molecule has 3 unspecified atom stereocenters. The first-order valence-electron chi connectivity index (χ1n) is 53.6. The first kappa shape index (κ1) is 107. The second-order valence-corrected chi connectivity index (χ2v) is 41.0. The molecule has 3 atom stereocenters. The lowest BCUT2D eigenvalue weighted by atomic mass is 9.94. The molecule has 7 fully saturated rings. The number of hydrogen-bond donors (Lipinski definition) is 0. The topological polar surface area (TPSA) is 48.5 Å². The fourth-order valence-electron chi connectivity index (χ4n) is 22.5. The van der Waals surface area contributed by atoms with Gasteiger partial charge in [0.05, 0.1) is 47.5 Å². The maximum atomic E-state index is 13.7. The molecule has 0 N–H and O–H groups in total. The Morgan fingerprint density at radius 3 is 0.608 bits per heavy atom. The summed E-state index contributed by atoms with van der Waals surface area (Å²) in [5.74, 6) is -1.99. The van der Waals surface area contributed by atoms with Crippen LogP contribution in [-0.4, -0.2) is 229 Å². The van der Waals surface area contributed by atoms with Gasteiger partial charge in [-0.2, -0.15) is 0 Å². The normalized spacial score (nSPS) is 17.6. The van der Waals surface area contributed by atoms with Crippen LogP contribution in [0.2, 0.25) is 0 Å². The molecule has 21 heteroatoms. The lowest BCUT2D eigenvalue weighted by Gasteiger charge is -2.41. The molecule has 21 rings (SSSR count). The highest BCUT2D eigenvalue weighted by Gasteiger charge is 2.34. The fourth-order valence-corrected chi connectivity index (χ4v) is 22.5. The van der Waals surface area contributed by atoms with Crippen molar-refractivity contribution in [3.8, 4) is 0 Å². The molecule has 774 valence electrons. The molecule has 0 aliphatic carbocycles. The van der Waals surface area contributed by atoms with Crippen LogP contribution >= 0.6 is 0 Å². The summed E-state index contributed by atoms with van der Waals surface area (Å²) in [6, 6.07) is 100. The Kier molecular flexibility index (Phi) is 39.3. The molecule has 0 amide bonds. The molecule has 7 aliphatic rings. The van der Waals surface area contributed by atoms with Gasteiger partial charge in [-0.25, -0.2) is 39.5 Å². The van der Waals surface area contributed by atoms with Crippen LogP contribution in [0.15, 0.2) is 328 Å². The summed E-state index contributed by atoms with van der Waals surface area (Å²) in [4.78, 5) is 32.3. The van der Waals surface area contributed by atoms with Gasteiger partial charge >= 0.3 is 0 Å². The molecule has 14 aromatic rings. The lowest BCUT2D eigenvalue weighted by Crippen LogP contribution is -2.49. The standard InChI is InChI=1S/C38H43F3N4.C27H25F2N3.C24H31F2N3.2C19H22FN/c1-29-3-5-30(6-4-29)37(31-7-13-34(39)14-8-31)44-25-21-42(22-26-44)19-2-20-43-23-27-45(28-24-43)38(32-9-15-35(40)16-10-32)33-11-17-36(41)18-12-33;28-23-10-5-21(6-11-23)27(22-7-12-24(29)13-8-22)32-17-15-31(16-18-32)19-25-14-9-20-3-1-2-4-26(20)30-25;25-22-8-4-20(5-9-22)24(21-6-10-23(26)11-7-21)29-18-16-28(17-19-29)15-3-14-27-12-1-2-13-27;2*1-15-5-7-16(8-6-15)19(21-13-3-2-4-14-21)17-9-11-18(20)12-10-17/h3-18,37-38H,2,19-28H2,1H3;1-14,27H,15-19H2;4-11,24H,1-3,12-19H2;2*5-12,19H,2-4,13-14H2,1H3. The van der Waals surface area contributed by atoms with Crippen LogP contribution < -0.4 is 0 Å². The predicted octanol–water partition coefficient (Wildman–Crippen LogP) is 25.9.